The summed E-state index contributed by atoms with van der Waals surface area (Å²) in [6.45, 7) is 9.57. The van der Waals surface area contributed by atoms with Crippen LogP contribution in [0, 0.1) is 0 Å². The quantitative estimate of drug-likeness (QED) is 0.185. The van der Waals surface area contributed by atoms with Gasteiger partial charge >= 0.3 is 0 Å². The van der Waals surface area contributed by atoms with Crippen LogP contribution in [0.2, 0.25) is 0 Å². The highest BCUT2D eigenvalue weighted by Gasteiger charge is 2.46. The molecule has 0 bridgehead atoms. The third kappa shape index (κ3) is 4.17. The van der Waals surface area contributed by atoms with Gasteiger partial charge in [-0.05, 0) is 77.5 Å². The van der Waals surface area contributed by atoms with Gasteiger partial charge in [0.05, 0.1) is 0 Å². The number of hydrogen-bond donors (Lipinski definition) is 0. The summed E-state index contributed by atoms with van der Waals surface area (Å²) in [5.74, 6) is 2.00. The molecule has 1 aromatic heterocycles. The van der Waals surface area contributed by atoms with Crippen LogP contribution in [0.1, 0.15) is 38.8 Å². The van der Waals surface area contributed by atoms with Crippen molar-refractivity contribution in [2.24, 2.45) is 0 Å². The van der Waals surface area contributed by atoms with E-state index in [2.05, 4.69) is 149 Å². The van der Waals surface area contributed by atoms with Crippen LogP contribution >= 0.6 is 0 Å². The Morgan fingerprint density at radius 2 is 1.02 bits per heavy atom. The fourth-order valence-electron chi connectivity index (χ4n) is 7.77. The van der Waals surface area contributed by atoms with Gasteiger partial charge in [-0.25, -0.2) is 15.0 Å². The van der Waals surface area contributed by atoms with Gasteiger partial charge in [-0.15, -0.1) is 0 Å². The smallest absolute Gasteiger partial charge is 0.164 e. The van der Waals surface area contributed by atoms with Gasteiger partial charge < -0.3 is 0 Å². The van der Waals surface area contributed by atoms with E-state index in [9.17, 15) is 0 Å². The van der Waals surface area contributed by atoms with Crippen molar-refractivity contribution in [3.05, 3.63) is 151 Å². The highest BCUT2D eigenvalue weighted by molar-refractivity contribution is 6.20. The maximum absolute atomic E-state index is 5.25. The Bertz CT molecular complexity index is 2560. The molecule has 0 radical (unpaired) electrons. The van der Waals surface area contributed by atoms with E-state index in [1.54, 1.807) is 0 Å². The maximum Gasteiger partial charge on any atom is 0.164 e. The zero-order chi connectivity index (χ0) is 32.6. The zero-order valence-electron chi connectivity index (χ0n) is 27.6. The summed E-state index contributed by atoms with van der Waals surface area (Å²) in [5, 5.41) is 7.16. The topological polar surface area (TPSA) is 38.7 Å². The number of fused-ring (bicyclic) bond motifs is 8. The van der Waals surface area contributed by atoms with Crippen LogP contribution in [0.4, 0.5) is 0 Å². The molecular formula is C45H35N3. The van der Waals surface area contributed by atoms with Crippen LogP contribution in [0.15, 0.2) is 140 Å². The van der Waals surface area contributed by atoms with Crippen LogP contribution in [0.3, 0.4) is 0 Å². The van der Waals surface area contributed by atoms with Crippen molar-refractivity contribution < 1.29 is 0 Å². The summed E-state index contributed by atoms with van der Waals surface area (Å²) in [6.07, 6.45) is 0. The molecule has 0 fully saturated rings. The minimum atomic E-state index is -0.0983. The normalized spacial score (nSPS) is 14.6. The van der Waals surface area contributed by atoms with E-state index in [0.717, 1.165) is 27.5 Å². The van der Waals surface area contributed by atoms with Crippen molar-refractivity contribution in [3.63, 3.8) is 0 Å². The lowest BCUT2D eigenvalue weighted by Gasteiger charge is -2.48. The average Bonchev–Trinajstić information content (AvgIpc) is 3.13. The molecule has 0 atom stereocenters. The second-order valence-electron chi connectivity index (χ2n) is 14.1. The molecule has 1 aliphatic carbocycles. The fraction of sp³-hybridized carbons (Fsp3) is 0.133. The lowest BCUT2D eigenvalue weighted by molar-refractivity contribution is 0.299. The molecule has 7 aromatic carbocycles. The van der Waals surface area contributed by atoms with Gasteiger partial charge in [0.1, 0.15) is 0 Å². The number of benzene rings is 7. The van der Waals surface area contributed by atoms with E-state index in [0.29, 0.717) is 17.5 Å². The molecule has 3 heteroatoms. The monoisotopic (exact) mass is 617 g/mol. The molecule has 0 aliphatic heterocycles. The van der Waals surface area contributed by atoms with E-state index in [-0.39, 0.29) is 10.8 Å². The van der Waals surface area contributed by atoms with Crippen molar-refractivity contribution in [1.82, 2.24) is 15.0 Å². The standard InChI is InChI=1S/C45H35N3/c1-44(2)37-21-13-12-20-35(37)40-38(45(44,3)4)25-24-34-36(27-31-18-10-11-19-33(31)39(34)40)43-47-41(29-15-6-5-7-16-29)46-42(48-43)32-23-22-28-14-8-9-17-30(28)26-32/h5-27H,1-4H3. The molecule has 230 valence electrons. The Labute approximate surface area is 281 Å². The first-order chi connectivity index (χ1) is 23.3. The maximum atomic E-state index is 5.25. The van der Waals surface area contributed by atoms with Gasteiger partial charge in [0.2, 0.25) is 0 Å². The summed E-state index contributed by atoms with van der Waals surface area (Å²) in [7, 11) is 0. The first-order valence-electron chi connectivity index (χ1n) is 16.7. The third-order valence-corrected chi connectivity index (χ3v) is 11.0. The Hall–Kier alpha value is -5.67. The summed E-state index contributed by atoms with van der Waals surface area (Å²) in [4.78, 5) is 15.5. The Morgan fingerprint density at radius 3 is 1.83 bits per heavy atom. The van der Waals surface area contributed by atoms with Gasteiger partial charge in [-0.2, -0.15) is 0 Å². The van der Waals surface area contributed by atoms with E-state index in [4.69, 9.17) is 15.0 Å². The molecule has 1 aliphatic rings. The lowest BCUT2D eigenvalue weighted by atomic mass is 9.55. The molecule has 0 amide bonds. The molecule has 0 saturated heterocycles. The summed E-state index contributed by atoms with van der Waals surface area (Å²) >= 11 is 0. The van der Waals surface area contributed by atoms with Gasteiger partial charge in [0.15, 0.2) is 17.5 Å². The van der Waals surface area contributed by atoms with E-state index in [1.165, 1.54) is 43.8 Å². The number of aromatic nitrogens is 3. The molecule has 0 saturated carbocycles. The van der Waals surface area contributed by atoms with Gasteiger partial charge in [0, 0.05) is 16.7 Å². The highest BCUT2D eigenvalue weighted by atomic mass is 15.0. The summed E-state index contributed by atoms with van der Waals surface area (Å²) in [6, 6.07) is 49.8. The lowest BCUT2D eigenvalue weighted by Crippen LogP contribution is -2.43. The third-order valence-electron chi connectivity index (χ3n) is 11.0. The summed E-state index contributed by atoms with van der Waals surface area (Å²) < 4.78 is 0. The van der Waals surface area contributed by atoms with Crippen LogP contribution in [0.25, 0.3) is 77.6 Å². The van der Waals surface area contributed by atoms with E-state index >= 15 is 0 Å². The number of rotatable bonds is 3. The van der Waals surface area contributed by atoms with Crippen LogP contribution in [-0.2, 0) is 10.8 Å². The molecule has 0 N–H and O–H groups in total. The van der Waals surface area contributed by atoms with Crippen molar-refractivity contribution in [3.8, 4) is 45.3 Å². The minimum absolute atomic E-state index is 0.0504. The molecule has 9 rings (SSSR count). The molecular weight excluding hydrogens is 583 g/mol. The Morgan fingerprint density at radius 1 is 0.396 bits per heavy atom. The second kappa shape index (κ2) is 10.4. The van der Waals surface area contributed by atoms with E-state index < -0.39 is 0 Å². The Kier molecular flexibility index (Phi) is 6.20. The van der Waals surface area contributed by atoms with Gasteiger partial charge in [-0.3, -0.25) is 0 Å². The van der Waals surface area contributed by atoms with Crippen LogP contribution < -0.4 is 0 Å². The molecule has 0 spiro atoms. The van der Waals surface area contributed by atoms with Crippen molar-refractivity contribution in [1.29, 1.82) is 0 Å². The highest BCUT2D eigenvalue weighted by Crippen LogP contribution is 2.56. The zero-order valence-corrected chi connectivity index (χ0v) is 27.6. The van der Waals surface area contributed by atoms with Crippen molar-refractivity contribution in [2.45, 2.75) is 38.5 Å². The molecule has 3 nitrogen and oxygen atoms in total. The second-order valence-corrected chi connectivity index (χ2v) is 14.1. The van der Waals surface area contributed by atoms with Crippen LogP contribution in [0.5, 0.6) is 0 Å². The predicted molar refractivity (Wildman–Crippen MR) is 200 cm³/mol. The van der Waals surface area contributed by atoms with Crippen molar-refractivity contribution in [2.75, 3.05) is 0 Å². The van der Waals surface area contributed by atoms with Crippen molar-refractivity contribution >= 4 is 32.3 Å². The summed E-state index contributed by atoms with van der Waals surface area (Å²) in [5.41, 5.74) is 8.17. The first kappa shape index (κ1) is 28.5. The fourth-order valence-corrected chi connectivity index (χ4v) is 7.77. The number of nitrogens with zero attached hydrogens (tertiary/aromatic N) is 3. The van der Waals surface area contributed by atoms with Crippen LogP contribution in [-0.4, -0.2) is 15.0 Å². The first-order valence-corrected chi connectivity index (χ1v) is 16.7. The number of hydrogen-bond acceptors (Lipinski definition) is 3. The van der Waals surface area contributed by atoms with Gasteiger partial charge in [0.25, 0.3) is 0 Å². The Balaban J connectivity index is 1.38. The van der Waals surface area contributed by atoms with E-state index in [1.807, 2.05) is 18.2 Å². The molecule has 1 heterocycles. The molecule has 0 unspecified atom stereocenters. The molecule has 8 aromatic rings. The average molecular weight is 618 g/mol. The molecule has 48 heavy (non-hydrogen) atoms. The minimum Gasteiger partial charge on any atom is -0.208 e. The largest absolute Gasteiger partial charge is 0.208 e. The predicted octanol–water partition coefficient (Wildman–Crippen LogP) is 11.6. The SMILES string of the molecule is CC1(C)c2ccccc2-c2c(ccc3c(-c4nc(-c5ccccc5)nc(-c5ccc6ccccc6c5)n4)cc4ccccc4c23)C1(C)C. The van der Waals surface area contributed by atoms with Gasteiger partial charge in [-0.1, -0.05) is 155 Å².